The third-order valence-corrected chi connectivity index (χ3v) is 2.94. The van der Waals surface area contributed by atoms with Crippen molar-refractivity contribution in [3.05, 3.63) is 11.9 Å². The Kier molecular flexibility index (Phi) is 5.32. The fourth-order valence-corrected chi connectivity index (χ4v) is 1.85. The molecule has 1 aromatic heterocycles. The van der Waals surface area contributed by atoms with E-state index in [1.165, 1.54) is 25.7 Å². The number of nitrogens with one attached hydrogen (secondary N) is 1. The highest BCUT2D eigenvalue weighted by Gasteiger charge is 2.14. The maximum Gasteiger partial charge on any atom is 0.0991 e. The maximum absolute atomic E-state index is 6.07. The Morgan fingerprint density at radius 1 is 1.47 bits per heavy atom. The van der Waals surface area contributed by atoms with E-state index in [1.807, 2.05) is 0 Å². The average molecular weight is 210 g/mol. The van der Waals surface area contributed by atoms with Crippen LogP contribution in [0.5, 0.6) is 0 Å². The zero-order valence-corrected chi connectivity index (χ0v) is 9.74. The third kappa shape index (κ3) is 4.00. The lowest BCUT2D eigenvalue weighted by Crippen LogP contribution is -2.15. The summed E-state index contributed by atoms with van der Waals surface area (Å²) in [5, 5.41) is 10.4. The van der Waals surface area contributed by atoms with Crippen molar-refractivity contribution in [2.24, 2.45) is 11.7 Å². The second-order valence-electron chi connectivity index (χ2n) is 4.15. The number of nitrogens with two attached hydrogens (primary N) is 1. The van der Waals surface area contributed by atoms with E-state index < -0.39 is 0 Å². The van der Waals surface area contributed by atoms with Gasteiger partial charge in [-0.15, -0.1) is 0 Å². The number of aromatic nitrogens is 3. The number of aromatic amines is 1. The first-order valence-electron chi connectivity index (χ1n) is 5.89. The van der Waals surface area contributed by atoms with E-state index >= 15 is 0 Å². The van der Waals surface area contributed by atoms with Gasteiger partial charge < -0.3 is 5.73 Å². The summed E-state index contributed by atoms with van der Waals surface area (Å²) in [4.78, 5) is 0. The van der Waals surface area contributed by atoms with Gasteiger partial charge in [0.1, 0.15) is 0 Å². The predicted octanol–water partition coefficient (Wildman–Crippen LogP) is 2.41. The molecule has 1 heterocycles. The fraction of sp³-hybridized carbons (Fsp3) is 0.818. The van der Waals surface area contributed by atoms with Crippen LogP contribution in [-0.2, 0) is 0 Å². The minimum atomic E-state index is 0.0329. The van der Waals surface area contributed by atoms with Crippen molar-refractivity contribution < 1.29 is 0 Å². The molecule has 0 aliphatic heterocycles. The second-order valence-corrected chi connectivity index (χ2v) is 4.15. The van der Waals surface area contributed by atoms with E-state index in [1.54, 1.807) is 6.20 Å². The average Bonchev–Trinajstić information content (AvgIpc) is 2.77. The van der Waals surface area contributed by atoms with Gasteiger partial charge in [-0.1, -0.05) is 39.5 Å². The molecule has 0 aliphatic rings. The van der Waals surface area contributed by atoms with E-state index in [2.05, 4.69) is 29.3 Å². The van der Waals surface area contributed by atoms with Gasteiger partial charge in [-0.2, -0.15) is 15.4 Å². The largest absolute Gasteiger partial charge is 0.323 e. The fourth-order valence-electron chi connectivity index (χ4n) is 1.85. The number of unbranched alkanes of at least 4 members (excludes halogenated alkanes) is 1. The molecular weight excluding hydrogens is 188 g/mol. The number of nitrogens with zero attached hydrogens (tertiary/aromatic N) is 2. The zero-order valence-electron chi connectivity index (χ0n) is 9.74. The lowest BCUT2D eigenvalue weighted by Gasteiger charge is -2.17. The number of hydrogen-bond acceptors (Lipinski definition) is 3. The molecule has 1 rings (SSSR count). The lowest BCUT2D eigenvalue weighted by atomic mass is 9.91. The van der Waals surface area contributed by atoms with Crippen molar-refractivity contribution in [2.75, 3.05) is 0 Å². The summed E-state index contributed by atoms with van der Waals surface area (Å²) >= 11 is 0. The topological polar surface area (TPSA) is 67.6 Å². The summed E-state index contributed by atoms with van der Waals surface area (Å²) in [5.41, 5.74) is 6.94. The lowest BCUT2D eigenvalue weighted by molar-refractivity contribution is 0.385. The molecule has 0 saturated carbocycles. The minimum Gasteiger partial charge on any atom is -0.323 e. The third-order valence-electron chi connectivity index (χ3n) is 2.94. The van der Waals surface area contributed by atoms with Crippen LogP contribution in [0.1, 0.15) is 57.7 Å². The summed E-state index contributed by atoms with van der Waals surface area (Å²) in [6, 6.07) is 0.0329. The van der Waals surface area contributed by atoms with Crippen molar-refractivity contribution in [2.45, 2.75) is 52.0 Å². The standard InChI is InChI=1S/C11H22N4/c1-3-5-6-9(4-2)7-10(12)11-8-13-15-14-11/h8-10H,3-7,12H2,1-2H3,(H,13,14,15). The van der Waals surface area contributed by atoms with Gasteiger partial charge in [0.25, 0.3) is 0 Å². The van der Waals surface area contributed by atoms with Crippen LogP contribution in [0.3, 0.4) is 0 Å². The van der Waals surface area contributed by atoms with Crippen LogP contribution < -0.4 is 5.73 Å². The molecule has 0 aromatic carbocycles. The molecule has 2 unspecified atom stereocenters. The Labute approximate surface area is 91.6 Å². The molecule has 4 nitrogen and oxygen atoms in total. The van der Waals surface area contributed by atoms with E-state index in [0.29, 0.717) is 0 Å². The van der Waals surface area contributed by atoms with Gasteiger partial charge in [0, 0.05) is 0 Å². The smallest absolute Gasteiger partial charge is 0.0991 e. The van der Waals surface area contributed by atoms with Gasteiger partial charge in [0.2, 0.25) is 0 Å². The minimum absolute atomic E-state index is 0.0329. The molecule has 0 aliphatic carbocycles. The number of H-pyrrole nitrogens is 1. The Bertz CT molecular complexity index is 245. The predicted molar refractivity (Wildman–Crippen MR) is 61.2 cm³/mol. The van der Waals surface area contributed by atoms with Gasteiger partial charge in [-0.05, 0) is 12.3 Å². The molecular formula is C11H22N4. The monoisotopic (exact) mass is 210 g/mol. The van der Waals surface area contributed by atoms with Gasteiger partial charge in [0.15, 0.2) is 0 Å². The summed E-state index contributed by atoms with van der Waals surface area (Å²) < 4.78 is 0. The highest BCUT2D eigenvalue weighted by atomic mass is 15.3. The van der Waals surface area contributed by atoms with Crippen LogP contribution in [-0.4, -0.2) is 15.4 Å². The van der Waals surface area contributed by atoms with Crippen LogP contribution in [0, 0.1) is 5.92 Å². The van der Waals surface area contributed by atoms with Gasteiger partial charge in [-0.3, -0.25) is 0 Å². The first-order valence-corrected chi connectivity index (χ1v) is 5.89. The molecule has 0 saturated heterocycles. The van der Waals surface area contributed by atoms with E-state index in [4.69, 9.17) is 5.73 Å². The van der Waals surface area contributed by atoms with Crippen molar-refractivity contribution in [3.8, 4) is 0 Å². The Morgan fingerprint density at radius 2 is 2.27 bits per heavy atom. The normalized spacial score (nSPS) is 15.1. The van der Waals surface area contributed by atoms with Crippen molar-refractivity contribution >= 4 is 0 Å². The molecule has 3 N–H and O–H groups in total. The molecule has 0 amide bonds. The van der Waals surface area contributed by atoms with Crippen molar-refractivity contribution in [1.29, 1.82) is 0 Å². The molecule has 2 atom stereocenters. The van der Waals surface area contributed by atoms with Crippen molar-refractivity contribution in [3.63, 3.8) is 0 Å². The van der Waals surface area contributed by atoms with E-state index in [9.17, 15) is 0 Å². The van der Waals surface area contributed by atoms with Crippen molar-refractivity contribution in [1.82, 2.24) is 15.4 Å². The first-order chi connectivity index (χ1) is 7.27. The summed E-state index contributed by atoms with van der Waals surface area (Å²) in [6.07, 6.45) is 7.77. The molecule has 0 fully saturated rings. The van der Waals surface area contributed by atoms with E-state index in [-0.39, 0.29) is 6.04 Å². The summed E-state index contributed by atoms with van der Waals surface area (Å²) in [7, 11) is 0. The van der Waals surface area contributed by atoms with Gasteiger partial charge in [0.05, 0.1) is 17.9 Å². The van der Waals surface area contributed by atoms with Crippen LogP contribution in [0.2, 0.25) is 0 Å². The van der Waals surface area contributed by atoms with Gasteiger partial charge in [-0.25, -0.2) is 0 Å². The van der Waals surface area contributed by atoms with E-state index in [0.717, 1.165) is 18.0 Å². The Balaban J connectivity index is 2.37. The maximum atomic E-state index is 6.07. The second kappa shape index (κ2) is 6.56. The molecule has 1 aromatic rings. The van der Waals surface area contributed by atoms with Crippen LogP contribution in [0.25, 0.3) is 0 Å². The highest BCUT2D eigenvalue weighted by Crippen LogP contribution is 2.23. The van der Waals surface area contributed by atoms with Crippen LogP contribution >= 0.6 is 0 Å². The number of hydrogen-bond donors (Lipinski definition) is 2. The van der Waals surface area contributed by atoms with Crippen LogP contribution in [0.15, 0.2) is 6.20 Å². The molecule has 0 bridgehead atoms. The summed E-state index contributed by atoms with van der Waals surface area (Å²) in [6.45, 7) is 4.46. The molecule has 0 radical (unpaired) electrons. The molecule has 0 spiro atoms. The molecule has 86 valence electrons. The first kappa shape index (κ1) is 12.2. The molecule has 4 heteroatoms. The zero-order chi connectivity index (χ0) is 11.1. The van der Waals surface area contributed by atoms with Gasteiger partial charge >= 0.3 is 0 Å². The SMILES string of the molecule is CCCCC(CC)CC(N)c1cn[nH]n1. The Morgan fingerprint density at radius 3 is 2.80 bits per heavy atom. The number of rotatable bonds is 7. The van der Waals surface area contributed by atoms with Crippen LogP contribution in [0.4, 0.5) is 0 Å². The summed E-state index contributed by atoms with van der Waals surface area (Å²) in [5.74, 6) is 0.719. The molecule has 15 heavy (non-hydrogen) atoms. The quantitative estimate of drug-likeness (QED) is 0.726. The Hall–Kier alpha value is -0.900. The highest BCUT2D eigenvalue weighted by molar-refractivity contribution is 4.98.